The highest BCUT2D eigenvalue weighted by atomic mass is 35.5. The Morgan fingerprint density at radius 1 is 1.20 bits per heavy atom. The molecule has 2 aliphatic rings. The summed E-state index contributed by atoms with van der Waals surface area (Å²) in [4.78, 5) is 2.68. The molecule has 110 valence electrons. The molecule has 0 unspecified atom stereocenters. The Morgan fingerprint density at radius 3 is 2.70 bits per heavy atom. The number of hydrogen-bond donors (Lipinski definition) is 1. The maximum atomic E-state index is 5.96. The van der Waals surface area contributed by atoms with Crippen LogP contribution in [0.25, 0.3) is 0 Å². The molecule has 0 aliphatic carbocycles. The van der Waals surface area contributed by atoms with Crippen molar-refractivity contribution >= 4 is 11.6 Å². The molecule has 0 aromatic heterocycles. The Kier molecular flexibility index (Phi) is 4.94. The van der Waals surface area contributed by atoms with Crippen LogP contribution in [-0.4, -0.2) is 49.8 Å². The Labute approximate surface area is 126 Å². The quantitative estimate of drug-likeness (QED) is 0.926. The molecular weight excluding hydrogens is 272 g/mol. The van der Waals surface area contributed by atoms with Crippen molar-refractivity contribution in [1.82, 2.24) is 10.2 Å². The molecule has 0 amide bonds. The van der Waals surface area contributed by atoms with Crippen LogP contribution in [0.3, 0.4) is 0 Å². The number of piperidine rings is 1. The van der Waals surface area contributed by atoms with Crippen LogP contribution in [0, 0.1) is 0 Å². The number of rotatable bonds is 3. The van der Waals surface area contributed by atoms with E-state index in [1.165, 1.54) is 18.4 Å². The summed E-state index contributed by atoms with van der Waals surface area (Å²) < 4.78 is 5.72. The first kappa shape index (κ1) is 14.3. The minimum Gasteiger partial charge on any atom is -0.378 e. The first-order valence-corrected chi connectivity index (χ1v) is 7.99. The van der Waals surface area contributed by atoms with Gasteiger partial charge < -0.3 is 10.1 Å². The van der Waals surface area contributed by atoms with Crippen LogP contribution < -0.4 is 5.32 Å². The minimum atomic E-state index is 0.507. The molecular formula is C16H23ClN2O. The third kappa shape index (κ3) is 3.53. The zero-order valence-electron chi connectivity index (χ0n) is 11.9. The number of nitrogens with zero attached hydrogens (tertiary/aromatic N) is 1. The highest BCUT2D eigenvalue weighted by molar-refractivity contribution is 6.30. The fourth-order valence-electron chi connectivity index (χ4n) is 3.36. The van der Waals surface area contributed by atoms with Gasteiger partial charge in [0, 0.05) is 23.7 Å². The average molecular weight is 295 g/mol. The molecule has 2 aliphatic heterocycles. The van der Waals surface area contributed by atoms with Gasteiger partial charge in [0.25, 0.3) is 0 Å². The van der Waals surface area contributed by atoms with Gasteiger partial charge in [0.15, 0.2) is 0 Å². The maximum absolute atomic E-state index is 5.96. The van der Waals surface area contributed by atoms with Gasteiger partial charge in [0.05, 0.1) is 13.2 Å². The van der Waals surface area contributed by atoms with Crippen LogP contribution in [-0.2, 0) is 11.2 Å². The normalized spacial score (nSPS) is 25.8. The van der Waals surface area contributed by atoms with Gasteiger partial charge in [0.1, 0.15) is 0 Å². The first-order valence-electron chi connectivity index (χ1n) is 7.61. The largest absolute Gasteiger partial charge is 0.378 e. The van der Waals surface area contributed by atoms with Gasteiger partial charge in [-0.1, -0.05) is 23.7 Å². The van der Waals surface area contributed by atoms with E-state index < -0.39 is 0 Å². The lowest BCUT2D eigenvalue weighted by atomic mass is 9.98. The first-order chi connectivity index (χ1) is 9.83. The lowest BCUT2D eigenvalue weighted by Gasteiger charge is -2.42. The Balaban J connectivity index is 1.66. The molecule has 0 bridgehead atoms. The molecule has 2 fully saturated rings. The van der Waals surface area contributed by atoms with Crippen molar-refractivity contribution in [3.05, 3.63) is 34.9 Å². The van der Waals surface area contributed by atoms with Crippen molar-refractivity contribution < 1.29 is 4.74 Å². The molecule has 1 N–H and O–H groups in total. The van der Waals surface area contributed by atoms with E-state index >= 15 is 0 Å². The summed E-state index contributed by atoms with van der Waals surface area (Å²) in [7, 11) is 0. The summed E-state index contributed by atoms with van der Waals surface area (Å²) in [6, 6.07) is 9.46. The zero-order chi connectivity index (χ0) is 13.8. The topological polar surface area (TPSA) is 24.5 Å². The third-order valence-electron chi connectivity index (χ3n) is 4.44. The van der Waals surface area contributed by atoms with E-state index in [4.69, 9.17) is 16.3 Å². The van der Waals surface area contributed by atoms with E-state index in [9.17, 15) is 0 Å². The molecule has 20 heavy (non-hydrogen) atoms. The molecule has 3 rings (SSSR count). The van der Waals surface area contributed by atoms with Crippen molar-refractivity contribution in [2.45, 2.75) is 31.3 Å². The van der Waals surface area contributed by atoms with E-state index in [1.54, 1.807) is 0 Å². The zero-order valence-corrected chi connectivity index (χ0v) is 12.6. The van der Waals surface area contributed by atoms with E-state index in [2.05, 4.69) is 22.3 Å². The van der Waals surface area contributed by atoms with E-state index in [-0.39, 0.29) is 0 Å². The molecule has 2 saturated heterocycles. The van der Waals surface area contributed by atoms with Crippen molar-refractivity contribution in [2.24, 2.45) is 0 Å². The molecule has 0 spiro atoms. The van der Waals surface area contributed by atoms with Crippen LogP contribution in [0.5, 0.6) is 0 Å². The molecule has 4 heteroatoms. The van der Waals surface area contributed by atoms with Gasteiger partial charge in [-0.15, -0.1) is 0 Å². The van der Waals surface area contributed by atoms with E-state index in [0.717, 1.165) is 50.3 Å². The molecule has 1 aromatic carbocycles. The monoisotopic (exact) mass is 294 g/mol. The summed E-state index contributed by atoms with van der Waals surface area (Å²) in [5, 5.41) is 4.26. The molecule has 3 nitrogen and oxygen atoms in total. The van der Waals surface area contributed by atoms with Gasteiger partial charge in [-0.05, 0) is 50.0 Å². The van der Waals surface area contributed by atoms with Crippen LogP contribution in [0.1, 0.15) is 18.4 Å². The molecule has 0 saturated carbocycles. The third-order valence-corrected chi connectivity index (χ3v) is 4.69. The Bertz CT molecular complexity index is 417. The van der Waals surface area contributed by atoms with Crippen LogP contribution in [0.4, 0.5) is 0 Å². The van der Waals surface area contributed by atoms with Crippen molar-refractivity contribution in [3.8, 4) is 0 Å². The fraction of sp³-hybridized carbons (Fsp3) is 0.625. The summed E-state index contributed by atoms with van der Waals surface area (Å²) in [6.45, 7) is 5.10. The molecule has 0 radical (unpaired) electrons. The van der Waals surface area contributed by atoms with Crippen LogP contribution in [0.15, 0.2) is 24.3 Å². The predicted octanol–water partition coefficient (Wildman–Crippen LogP) is 2.34. The Hall–Kier alpha value is -0.610. The van der Waals surface area contributed by atoms with Gasteiger partial charge in [0.2, 0.25) is 0 Å². The van der Waals surface area contributed by atoms with Crippen molar-refractivity contribution in [1.29, 1.82) is 0 Å². The second-order valence-corrected chi connectivity index (χ2v) is 6.21. The summed E-state index contributed by atoms with van der Waals surface area (Å²) in [5.41, 5.74) is 1.35. The lowest BCUT2D eigenvalue weighted by Crippen LogP contribution is -2.54. The number of benzene rings is 1. The van der Waals surface area contributed by atoms with E-state index in [0.29, 0.717) is 6.04 Å². The smallest absolute Gasteiger partial charge is 0.0625 e. The highest BCUT2D eigenvalue weighted by Crippen LogP contribution is 2.21. The SMILES string of the molecule is Clc1ccc(C[C@H]2COCCN2C2CCNCC2)cc1. The van der Waals surface area contributed by atoms with Crippen LogP contribution >= 0.6 is 11.6 Å². The van der Waals surface area contributed by atoms with E-state index in [1.807, 2.05) is 12.1 Å². The van der Waals surface area contributed by atoms with Gasteiger partial charge in [-0.3, -0.25) is 4.90 Å². The van der Waals surface area contributed by atoms with Crippen molar-refractivity contribution in [3.63, 3.8) is 0 Å². The number of morpholine rings is 1. The predicted molar refractivity (Wildman–Crippen MR) is 82.4 cm³/mol. The molecule has 1 aromatic rings. The molecule has 2 heterocycles. The number of hydrogen-bond acceptors (Lipinski definition) is 3. The van der Waals surface area contributed by atoms with Gasteiger partial charge in [-0.2, -0.15) is 0 Å². The second kappa shape index (κ2) is 6.90. The molecule has 1 atom stereocenters. The van der Waals surface area contributed by atoms with Crippen molar-refractivity contribution in [2.75, 3.05) is 32.8 Å². The minimum absolute atomic E-state index is 0.507. The number of nitrogens with one attached hydrogen (secondary N) is 1. The van der Waals surface area contributed by atoms with Gasteiger partial charge >= 0.3 is 0 Å². The lowest BCUT2D eigenvalue weighted by molar-refractivity contribution is -0.0342. The second-order valence-electron chi connectivity index (χ2n) is 5.78. The average Bonchev–Trinajstić information content (AvgIpc) is 2.51. The Morgan fingerprint density at radius 2 is 1.95 bits per heavy atom. The van der Waals surface area contributed by atoms with Crippen LogP contribution in [0.2, 0.25) is 5.02 Å². The maximum Gasteiger partial charge on any atom is 0.0625 e. The van der Waals surface area contributed by atoms with Gasteiger partial charge in [-0.25, -0.2) is 0 Å². The summed E-state index contributed by atoms with van der Waals surface area (Å²) in [5.74, 6) is 0. The summed E-state index contributed by atoms with van der Waals surface area (Å²) >= 11 is 5.96. The highest BCUT2D eigenvalue weighted by Gasteiger charge is 2.30. The number of halogens is 1. The number of ether oxygens (including phenoxy) is 1. The standard InChI is InChI=1S/C16H23ClN2O/c17-14-3-1-13(2-4-14)11-16-12-20-10-9-19(16)15-5-7-18-8-6-15/h1-4,15-16,18H,5-12H2/t16-/m0/s1. The fourth-order valence-corrected chi connectivity index (χ4v) is 3.48. The summed E-state index contributed by atoms with van der Waals surface area (Å²) in [6.07, 6.45) is 3.58.